The molecule has 0 bridgehead atoms. The van der Waals surface area contributed by atoms with Crippen molar-refractivity contribution in [2.45, 2.75) is 26.2 Å². The van der Waals surface area contributed by atoms with Crippen LogP contribution in [0.1, 0.15) is 36.8 Å². The SMILES string of the molecule is CNc1ncc(F)cc1C(=O)Nc1nc(C(C)(C)C)cs1. The molecule has 2 aromatic heterocycles. The molecular weight excluding hydrogens is 291 g/mol. The first kappa shape index (κ1) is 15.4. The van der Waals surface area contributed by atoms with Crippen LogP contribution in [0.2, 0.25) is 0 Å². The topological polar surface area (TPSA) is 66.9 Å². The van der Waals surface area contributed by atoms with Gasteiger partial charge in [-0.05, 0) is 6.07 Å². The molecule has 21 heavy (non-hydrogen) atoms. The maximum Gasteiger partial charge on any atom is 0.261 e. The molecule has 0 fully saturated rings. The van der Waals surface area contributed by atoms with E-state index in [1.807, 2.05) is 26.2 Å². The van der Waals surface area contributed by atoms with Crippen molar-refractivity contribution in [3.8, 4) is 0 Å². The average molecular weight is 308 g/mol. The molecule has 0 spiro atoms. The summed E-state index contributed by atoms with van der Waals surface area (Å²) in [5, 5.41) is 7.82. The van der Waals surface area contributed by atoms with Gasteiger partial charge in [0.15, 0.2) is 5.13 Å². The number of nitrogens with one attached hydrogen (secondary N) is 2. The summed E-state index contributed by atoms with van der Waals surface area (Å²) in [5.74, 6) is -0.684. The Morgan fingerprint density at radius 3 is 2.67 bits per heavy atom. The molecule has 0 aliphatic carbocycles. The minimum absolute atomic E-state index is 0.0873. The highest BCUT2D eigenvalue weighted by atomic mass is 32.1. The highest BCUT2D eigenvalue weighted by Crippen LogP contribution is 2.27. The Labute approximate surface area is 126 Å². The average Bonchev–Trinajstić information content (AvgIpc) is 2.87. The summed E-state index contributed by atoms with van der Waals surface area (Å²) in [6.07, 6.45) is 1.06. The summed E-state index contributed by atoms with van der Waals surface area (Å²) in [5.41, 5.74) is 0.953. The van der Waals surface area contributed by atoms with Crippen LogP contribution in [0, 0.1) is 5.82 Å². The van der Waals surface area contributed by atoms with Gasteiger partial charge in [0.2, 0.25) is 0 Å². The molecule has 0 radical (unpaired) electrons. The zero-order valence-corrected chi connectivity index (χ0v) is 13.1. The van der Waals surface area contributed by atoms with Crippen LogP contribution in [0.15, 0.2) is 17.6 Å². The van der Waals surface area contributed by atoms with Gasteiger partial charge in [-0.1, -0.05) is 20.8 Å². The van der Waals surface area contributed by atoms with Gasteiger partial charge < -0.3 is 5.32 Å². The standard InChI is InChI=1S/C14H17FN4OS/c1-14(2,3)10-7-21-13(18-10)19-12(20)9-5-8(15)6-17-11(9)16-4/h5-7H,1-4H3,(H,16,17)(H,18,19,20). The molecule has 0 aliphatic heterocycles. The summed E-state index contributed by atoms with van der Waals surface area (Å²) in [4.78, 5) is 20.4. The summed E-state index contributed by atoms with van der Waals surface area (Å²) in [6.45, 7) is 6.13. The minimum atomic E-state index is -0.561. The number of nitrogens with zero attached hydrogens (tertiary/aromatic N) is 2. The smallest absolute Gasteiger partial charge is 0.261 e. The molecule has 1 amide bonds. The molecule has 0 saturated heterocycles. The number of rotatable bonds is 3. The van der Waals surface area contributed by atoms with Crippen molar-refractivity contribution in [2.24, 2.45) is 0 Å². The number of carbonyl (C=O) groups is 1. The number of carbonyl (C=O) groups excluding carboxylic acids is 1. The molecule has 2 N–H and O–H groups in total. The first-order chi connectivity index (χ1) is 9.81. The predicted octanol–water partition coefficient (Wildman–Crippen LogP) is 3.27. The number of aromatic nitrogens is 2. The Hall–Kier alpha value is -2.02. The van der Waals surface area contributed by atoms with Gasteiger partial charge in [0.1, 0.15) is 11.6 Å². The summed E-state index contributed by atoms with van der Waals surface area (Å²) in [7, 11) is 1.62. The number of anilines is 2. The van der Waals surface area contributed by atoms with E-state index in [4.69, 9.17) is 0 Å². The van der Waals surface area contributed by atoms with E-state index in [1.54, 1.807) is 7.05 Å². The normalized spacial score (nSPS) is 11.3. The lowest BCUT2D eigenvalue weighted by Crippen LogP contribution is -2.16. The van der Waals surface area contributed by atoms with Crippen molar-refractivity contribution in [2.75, 3.05) is 17.7 Å². The lowest BCUT2D eigenvalue weighted by atomic mass is 9.93. The highest BCUT2D eigenvalue weighted by Gasteiger charge is 2.19. The van der Waals surface area contributed by atoms with Crippen LogP contribution in [0.4, 0.5) is 15.3 Å². The molecule has 0 saturated carbocycles. The van der Waals surface area contributed by atoms with E-state index < -0.39 is 11.7 Å². The van der Waals surface area contributed by atoms with Gasteiger partial charge in [-0.15, -0.1) is 11.3 Å². The first-order valence-corrected chi connectivity index (χ1v) is 7.30. The molecule has 0 aromatic carbocycles. The van der Waals surface area contributed by atoms with E-state index >= 15 is 0 Å². The highest BCUT2D eigenvalue weighted by molar-refractivity contribution is 7.14. The van der Waals surface area contributed by atoms with Gasteiger partial charge in [-0.2, -0.15) is 0 Å². The number of pyridine rings is 1. The quantitative estimate of drug-likeness (QED) is 0.913. The second-order valence-electron chi connectivity index (χ2n) is 5.54. The van der Waals surface area contributed by atoms with Crippen molar-refractivity contribution in [3.63, 3.8) is 0 Å². The summed E-state index contributed by atoms with van der Waals surface area (Å²) < 4.78 is 13.3. The van der Waals surface area contributed by atoms with Gasteiger partial charge >= 0.3 is 0 Å². The second kappa shape index (κ2) is 5.77. The van der Waals surface area contributed by atoms with Gasteiger partial charge in [0, 0.05) is 17.8 Å². The van der Waals surface area contributed by atoms with Crippen molar-refractivity contribution >= 4 is 28.2 Å². The number of hydrogen-bond acceptors (Lipinski definition) is 5. The summed E-state index contributed by atoms with van der Waals surface area (Å²) >= 11 is 1.34. The number of amides is 1. The predicted molar refractivity (Wildman–Crippen MR) is 82.5 cm³/mol. The maximum atomic E-state index is 13.3. The van der Waals surface area contributed by atoms with Crippen molar-refractivity contribution in [1.29, 1.82) is 0 Å². The first-order valence-electron chi connectivity index (χ1n) is 6.42. The van der Waals surface area contributed by atoms with Crippen molar-refractivity contribution in [3.05, 3.63) is 34.7 Å². The fraction of sp³-hybridized carbons (Fsp3) is 0.357. The Balaban J connectivity index is 2.22. The lowest BCUT2D eigenvalue weighted by Gasteiger charge is -2.14. The Morgan fingerprint density at radius 2 is 2.10 bits per heavy atom. The molecule has 0 atom stereocenters. The van der Waals surface area contributed by atoms with Crippen LogP contribution in [-0.4, -0.2) is 22.9 Å². The number of thiazole rings is 1. The van der Waals surface area contributed by atoms with Crippen LogP contribution < -0.4 is 10.6 Å². The second-order valence-corrected chi connectivity index (χ2v) is 6.40. The monoisotopic (exact) mass is 308 g/mol. The van der Waals surface area contributed by atoms with Crippen LogP contribution in [0.25, 0.3) is 0 Å². The van der Waals surface area contributed by atoms with E-state index in [2.05, 4.69) is 20.6 Å². The van der Waals surface area contributed by atoms with Gasteiger partial charge in [-0.3, -0.25) is 10.1 Å². The van der Waals surface area contributed by atoms with E-state index in [0.717, 1.165) is 18.0 Å². The molecule has 2 aromatic rings. The van der Waals surface area contributed by atoms with Crippen LogP contribution >= 0.6 is 11.3 Å². The minimum Gasteiger partial charge on any atom is -0.372 e. The van der Waals surface area contributed by atoms with Gasteiger partial charge in [0.05, 0.1) is 17.5 Å². The number of hydrogen-bond donors (Lipinski definition) is 2. The Morgan fingerprint density at radius 1 is 1.38 bits per heavy atom. The zero-order valence-electron chi connectivity index (χ0n) is 12.3. The van der Waals surface area contributed by atoms with Crippen molar-refractivity contribution < 1.29 is 9.18 Å². The molecule has 0 aliphatic rings. The van der Waals surface area contributed by atoms with Gasteiger partial charge in [-0.25, -0.2) is 14.4 Å². The molecule has 112 valence electrons. The fourth-order valence-corrected chi connectivity index (χ4v) is 2.58. The Kier molecular flexibility index (Phi) is 4.22. The van der Waals surface area contributed by atoms with Crippen molar-refractivity contribution in [1.82, 2.24) is 9.97 Å². The molecule has 2 rings (SSSR count). The molecule has 5 nitrogen and oxygen atoms in total. The van der Waals surface area contributed by atoms with Crippen LogP contribution in [0.3, 0.4) is 0 Å². The third-order valence-corrected chi connectivity index (χ3v) is 3.59. The molecule has 0 unspecified atom stereocenters. The van der Waals surface area contributed by atoms with E-state index in [1.165, 1.54) is 11.3 Å². The molecule has 7 heteroatoms. The van der Waals surface area contributed by atoms with E-state index in [-0.39, 0.29) is 11.0 Å². The summed E-state index contributed by atoms with van der Waals surface area (Å²) in [6, 6.07) is 1.15. The third-order valence-electron chi connectivity index (χ3n) is 2.83. The molecule has 2 heterocycles. The van der Waals surface area contributed by atoms with E-state index in [9.17, 15) is 9.18 Å². The maximum absolute atomic E-state index is 13.3. The Bertz CT molecular complexity index is 663. The third kappa shape index (κ3) is 3.55. The molecular formula is C14H17FN4OS. The van der Waals surface area contributed by atoms with Gasteiger partial charge in [0.25, 0.3) is 5.91 Å². The van der Waals surface area contributed by atoms with Crippen LogP contribution in [0.5, 0.6) is 0 Å². The zero-order chi connectivity index (χ0) is 15.6. The number of halogens is 1. The van der Waals surface area contributed by atoms with E-state index in [0.29, 0.717) is 10.9 Å². The lowest BCUT2D eigenvalue weighted by molar-refractivity contribution is 0.102. The van der Waals surface area contributed by atoms with Crippen LogP contribution in [-0.2, 0) is 5.41 Å². The fourth-order valence-electron chi connectivity index (χ4n) is 1.65. The largest absolute Gasteiger partial charge is 0.372 e.